The van der Waals surface area contributed by atoms with Gasteiger partial charge >= 0.3 is 0 Å². The molecule has 19 heavy (non-hydrogen) atoms. The van der Waals surface area contributed by atoms with E-state index in [2.05, 4.69) is 5.32 Å². The fourth-order valence-electron chi connectivity index (χ4n) is 1.62. The maximum atomic E-state index is 13.1. The third kappa shape index (κ3) is 3.01. The molecule has 1 amide bonds. The number of ether oxygens (including phenoxy) is 1. The predicted molar refractivity (Wildman–Crippen MR) is 71.8 cm³/mol. The molecule has 0 saturated carbocycles. The van der Waals surface area contributed by atoms with Crippen LogP contribution in [0.5, 0.6) is 5.75 Å². The Bertz CT molecular complexity index is 614. The molecule has 2 aromatic rings. The van der Waals surface area contributed by atoms with Gasteiger partial charge in [-0.15, -0.1) is 0 Å². The Balaban J connectivity index is 2.23. The molecule has 3 N–H and O–H groups in total. The van der Waals surface area contributed by atoms with Crippen LogP contribution < -0.4 is 15.8 Å². The summed E-state index contributed by atoms with van der Waals surface area (Å²) in [6.07, 6.45) is 0. The van der Waals surface area contributed by atoms with E-state index in [4.69, 9.17) is 10.5 Å². The van der Waals surface area contributed by atoms with E-state index in [9.17, 15) is 9.18 Å². The normalized spacial score (nSPS) is 10.0. The van der Waals surface area contributed by atoms with Crippen LogP contribution in [0, 0.1) is 5.82 Å². The lowest BCUT2D eigenvalue weighted by Gasteiger charge is -2.08. The molecule has 0 unspecified atom stereocenters. The Hall–Kier alpha value is -2.56. The fourth-order valence-corrected chi connectivity index (χ4v) is 1.62. The van der Waals surface area contributed by atoms with Crippen molar-refractivity contribution in [2.45, 2.75) is 0 Å². The predicted octanol–water partition coefficient (Wildman–Crippen LogP) is 2.67. The number of carbonyl (C=O) groups is 1. The van der Waals surface area contributed by atoms with Gasteiger partial charge in [-0.2, -0.15) is 0 Å². The van der Waals surface area contributed by atoms with E-state index in [0.717, 1.165) is 6.07 Å². The zero-order valence-electron chi connectivity index (χ0n) is 10.3. The average Bonchev–Trinajstić information content (AvgIpc) is 2.41. The van der Waals surface area contributed by atoms with Gasteiger partial charge in [0.1, 0.15) is 11.6 Å². The number of rotatable bonds is 3. The first-order valence-electron chi connectivity index (χ1n) is 5.60. The van der Waals surface area contributed by atoms with E-state index in [-0.39, 0.29) is 11.3 Å². The number of anilines is 2. The molecule has 98 valence electrons. The summed E-state index contributed by atoms with van der Waals surface area (Å²) in [6, 6.07) is 10.5. The largest absolute Gasteiger partial charge is 0.497 e. The summed E-state index contributed by atoms with van der Waals surface area (Å²) < 4.78 is 18.2. The van der Waals surface area contributed by atoms with Gasteiger partial charge in [-0.05, 0) is 30.3 Å². The van der Waals surface area contributed by atoms with Crippen molar-refractivity contribution < 1.29 is 13.9 Å². The fraction of sp³-hybridized carbons (Fsp3) is 0.0714. The second-order valence-corrected chi connectivity index (χ2v) is 3.92. The summed E-state index contributed by atoms with van der Waals surface area (Å²) in [6.45, 7) is 0. The minimum Gasteiger partial charge on any atom is -0.497 e. The number of hydrogen-bond acceptors (Lipinski definition) is 3. The molecule has 0 atom stereocenters. The van der Waals surface area contributed by atoms with Crippen LogP contribution in [-0.4, -0.2) is 13.0 Å². The van der Waals surface area contributed by atoms with Gasteiger partial charge < -0.3 is 15.8 Å². The lowest BCUT2D eigenvalue weighted by atomic mass is 10.1. The Morgan fingerprint density at radius 2 is 2.05 bits per heavy atom. The molecular formula is C14H13FN2O2. The van der Waals surface area contributed by atoms with E-state index >= 15 is 0 Å². The summed E-state index contributed by atoms with van der Waals surface area (Å²) in [5.74, 6) is -0.361. The number of benzene rings is 2. The summed E-state index contributed by atoms with van der Waals surface area (Å²) in [5, 5.41) is 2.64. The standard InChI is InChI=1S/C14H13FN2O2/c1-19-11-4-2-3-10(8-11)17-14(18)12-7-9(15)5-6-13(12)16/h2-8H,16H2,1H3,(H,17,18). The topological polar surface area (TPSA) is 64.3 Å². The maximum absolute atomic E-state index is 13.1. The number of nitrogens with two attached hydrogens (primary N) is 1. The Labute approximate surface area is 110 Å². The average molecular weight is 260 g/mol. The van der Waals surface area contributed by atoms with E-state index in [1.807, 2.05) is 0 Å². The highest BCUT2D eigenvalue weighted by Gasteiger charge is 2.11. The minimum absolute atomic E-state index is 0.0998. The first kappa shape index (κ1) is 12.9. The first-order chi connectivity index (χ1) is 9.10. The lowest BCUT2D eigenvalue weighted by Crippen LogP contribution is -2.14. The van der Waals surface area contributed by atoms with Gasteiger partial charge in [-0.25, -0.2) is 4.39 Å². The molecule has 4 nitrogen and oxygen atoms in total. The lowest BCUT2D eigenvalue weighted by molar-refractivity contribution is 0.102. The van der Waals surface area contributed by atoms with Crippen molar-refractivity contribution in [1.82, 2.24) is 0 Å². The highest BCUT2D eigenvalue weighted by Crippen LogP contribution is 2.19. The number of hydrogen-bond donors (Lipinski definition) is 2. The van der Waals surface area contributed by atoms with Crippen molar-refractivity contribution in [1.29, 1.82) is 0 Å². The maximum Gasteiger partial charge on any atom is 0.257 e. The van der Waals surface area contributed by atoms with Crippen LogP contribution in [0.15, 0.2) is 42.5 Å². The summed E-state index contributed by atoms with van der Waals surface area (Å²) >= 11 is 0. The van der Waals surface area contributed by atoms with Gasteiger partial charge in [0.15, 0.2) is 0 Å². The number of methoxy groups -OCH3 is 1. The molecule has 2 rings (SSSR count). The second kappa shape index (κ2) is 5.39. The Morgan fingerprint density at radius 3 is 2.79 bits per heavy atom. The molecule has 0 spiro atoms. The van der Waals surface area contributed by atoms with Crippen LogP contribution in [0.2, 0.25) is 0 Å². The third-order valence-electron chi connectivity index (χ3n) is 2.59. The van der Waals surface area contributed by atoms with E-state index in [1.165, 1.54) is 19.2 Å². The Morgan fingerprint density at radius 1 is 1.26 bits per heavy atom. The summed E-state index contributed by atoms with van der Waals surface area (Å²) in [4.78, 5) is 12.0. The van der Waals surface area contributed by atoms with Crippen LogP contribution in [0.25, 0.3) is 0 Å². The smallest absolute Gasteiger partial charge is 0.257 e. The molecule has 2 aromatic carbocycles. The van der Waals surface area contributed by atoms with Gasteiger partial charge in [-0.3, -0.25) is 4.79 Å². The quantitative estimate of drug-likeness (QED) is 0.834. The summed E-state index contributed by atoms with van der Waals surface area (Å²) in [5.41, 5.74) is 6.52. The molecule has 0 saturated heterocycles. The number of carbonyl (C=O) groups excluding carboxylic acids is 1. The van der Waals surface area contributed by atoms with Gasteiger partial charge in [0.2, 0.25) is 0 Å². The zero-order valence-corrected chi connectivity index (χ0v) is 10.3. The zero-order chi connectivity index (χ0) is 13.8. The van der Waals surface area contributed by atoms with Gasteiger partial charge in [-0.1, -0.05) is 6.07 Å². The molecule has 0 aliphatic rings. The SMILES string of the molecule is COc1cccc(NC(=O)c2cc(F)ccc2N)c1. The van der Waals surface area contributed by atoms with E-state index < -0.39 is 11.7 Å². The van der Waals surface area contributed by atoms with E-state index in [0.29, 0.717) is 11.4 Å². The molecule has 0 radical (unpaired) electrons. The van der Waals surface area contributed by atoms with Crippen molar-refractivity contribution in [3.8, 4) is 5.75 Å². The van der Waals surface area contributed by atoms with Crippen molar-refractivity contribution in [2.24, 2.45) is 0 Å². The molecule has 0 aliphatic heterocycles. The highest BCUT2D eigenvalue weighted by atomic mass is 19.1. The highest BCUT2D eigenvalue weighted by molar-refractivity contribution is 6.07. The molecule has 0 bridgehead atoms. The van der Waals surface area contributed by atoms with Crippen molar-refractivity contribution in [2.75, 3.05) is 18.2 Å². The minimum atomic E-state index is -0.509. The third-order valence-corrected chi connectivity index (χ3v) is 2.59. The Kier molecular flexibility index (Phi) is 3.66. The van der Waals surface area contributed by atoms with E-state index in [1.54, 1.807) is 24.3 Å². The number of amides is 1. The number of halogens is 1. The van der Waals surface area contributed by atoms with Crippen molar-refractivity contribution in [3.05, 3.63) is 53.8 Å². The van der Waals surface area contributed by atoms with Gasteiger partial charge in [0.25, 0.3) is 5.91 Å². The monoisotopic (exact) mass is 260 g/mol. The molecule has 5 heteroatoms. The van der Waals surface area contributed by atoms with Crippen LogP contribution in [0.1, 0.15) is 10.4 Å². The van der Waals surface area contributed by atoms with Gasteiger partial charge in [0, 0.05) is 17.4 Å². The van der Waals surface area contributed by atoms with Crippen LogP contribution in [-0.2, 0) is 0 Å². The van der Waals surface area contributed by atoms with Crippen molar-refractivity contribution in [3.63, 3.8) is 0 Å². The number of nitrogens with one attached hydrogen (secondary N) is 1. The number of nitrogen functional groups attached to an aromatic ring is 1. The molecule has 0 heterocycles. The first-order valence-corrected chi connectivity index (χ1v) is 5.60. The van der Waals surface area contributed by atoms with Crippen molar-refractivity contribution >= 4 is 17.3 Å². The molecule has 0 fully saturated rings. The summed E-state index contributed by atoms with van der Waals surface area (Å²) in [7, 11) is 1.53. The second-order valence-electron chi connectivity index (χ2n) is 3.92. The molecular weight excluding hydrogens is 247 g/mol. The van der Waals surface area contributed by atoms with Gasteiger partial charge in [0.05, 0.1) is 12.7 Å². The molecule has 0 aliphatic carbocycles. The van der Waals surface area contributed by atoms with Crippen LogP contribution in [0.3, 0.4) is 0 Å². The molecule has 0 aromatic heterocycles. The van der Waals surface area contributed by atoms with Crippen LogP contribution >= 0.6 is 0 Å². The van der Waals surface area contributed by atoms with Crippen LogP contribution in [0.4, 0.5) is 15.8 Å².